The second-order valence-corrected chi connectivity index (χ2v) is 4.54. The monoisotopic (exact) mass is 248 g/mol. The maximum atomic E-state index is 11.9. The van der Waals surface area contributed by atoms with E-state index in [0.717, 1.165) is 11.3 Å². The number of carbonyl (C=O) groups excluding carboxylic acids is 1. The number of nitrogens with one attached hydrogen (secondary N) is 2. The minimum atomic E-state index is -0.905. The normalized spacial score (nSPS) is 18.6. The van der Waals surface area contributed by atoms with Gasteiger partial charge in [-0.15, -0.1) is 0 Å². The summed E-state index contributed by atoms with van der Waals surface area (Å²) in [6, 6.07) is 7.47. The molecule has 0 fully saturated rings. The molecule has 0 saturated carbocycles. The highest BCUT2D eigenvalue weighted by Gasteiger charge is 2.26. The van der Waals surface area contributed by atoms with Crippen molar-refractivity contribution in [1.29, 1.82) is 0 Å². The Morgan fingerprint density at radius 3 is 2.89 bits per heavy atom. The fourth-order valence-corrected chi connectivity index (χ4v) is 1.92. The van der Waals surface area contributed by atoms with Crippen LogP contribution in [0.1, 0.15) is 12.5 Å². The molecule has 0 aromatic heterocycles. The molecule has 3 N–H and O–H groups in total. The van der Waals surface area contributed by atoms with E-state index in [4.69, 9.17) is 5.11 Å². The van der Waals surface area contributed by atoms with Crippen LogP contribution in [0, 0.1) is 5.92 Å². The molecule has 2 rings (SSSR count). The van der Waals surface area contributed by atoms with Gasteiger partial charge >= 0.3 is 5.97 Å². The van der Waals surface area contributed by atoms with Gasteiger partial charge in [-0.25, -0.2) is 0 Å². The van der Waals surface area contributed by atoms with Crippen LogP contribution in [0.4, 0.5) is 5.69 Å². The Morgan fingerprint density at radius 2 is 2.22 bits per heavy atom. The molecule has 0 spiro atoms. The Bertz CT molecular complexity index is 448. The van der Waals surface area contributed by atoms with Gasteiger partial charge in [-0.05, 0) is 11.6 Å². The van der Waals surface area contributed by atoms with Crippen molar-refractivity contribution in [2.45, 2.75) is 19.4 Å². The van der Waals surface area contributed by atoms with Gasteiger partial charge in [0.2, 0.25) is 5.91 Å². The molecular formula is C13H16N2O3. The molecular weight excluding hydrogens is 232 g/mol. The molecule has 2 unspecified atom stereocenters. The predicted molar refractivity (Wildman–Crippen MR) is 67.4 cm³/mol. The van der Waals surface area contributed by atoms with Crippen molar-refractivity contribution in [3.63, 3.8) is 0 Å². The number of hydrogen-bond acceptors (Lipinski definition) is 3. The first-order valence-electron chi connectivity index (χ1n) is 5.93. The molecule has 5 heteroatoms. The van der Waals surface area contributed by atoms with Crippen LogP contribution < -0.4 is 10.6 Å². The summed E-state index contributed by atoms with van der Waals surface area (Å²) in [5, 5.41) is 14.5. The summed E-state index contributed by atoms with van der Waals surface area (Å²) in [6.45, 7) is 1.72. The number of benzene rings is 1. The Balaban J connectivity index is 1.88. The first-order valence-corrected chi connectivity index (χ1v) is 5.93. The zero-order valence-corrected chi connectivity index (χ0v) is 10.1. The summed E-state index contributed by atoms with van der Waals surface area (Å²) in [6.07, 6.45) is 0.642. The van der Waals surface area contributed by atoms with E-state index in [-0.39, 0.29) is 18.5 Å². The second kappa shape index (κ2) is 5.08. The third kappa shape index (κ3) is 2.61. The van der Waals surface area contributed by atoms with Crippen LogP contribution in [-0.2, 0) is 16.0 Å². The third-order valence-corrected chi connectivity index (χ3v) is 3.09. The summed E-state index contributed by atoms with van der Waals surface area (Å²) >= 11 is 0. The quantitative estimate of drug-likeness (QED) is 0.738. The van der Waals surface area contributed by atoms with Crippen molar-refractivity contribution in [3.8, 4) is 0 Å². The van der Waals surface area contributed by atoms with E-state index in [1.54, 1.807) is 6.92 Å². The van der Waals surface area contributed by atoms with Crippen molar-refractivity contribution in [3.05, 3.63) is 29.8 Å². The smallest absolute Gasteiger partial charge is 0.308 e. The number of amides is 1. The highest BCUT2D eigenvalue weighted by Crippen LogP contribution is 2.24. The van der Waals surface area contributed by atoms with Crippen molar-refractivity contribution in [2.24, 2.45) is 5.92 Å². The Morgan fingerprint density at radius 1 is 1.50 bits per heavy atom. The van der Waals surface area contributed by atoms with Gasteiger partial charge in [0.15, 0.2) is 0 Å². The largest absolute Gasteiger partial charge is 0.481 e. The standard InChI is InChI=1S/C13H16N2O3/c1-8(13(17)18)7-14-12(16)11-6-9-4-2-3-5-10(9)15-11/h2-5,8,11,15H,6-7H2,1H3,(H,14,16)(H,17,18). The van der Waals surface area contributed by atoms with Crippen LogP contribution in [0.2, 0.25) is 0 Å². The molecule has 96 valence electrons. The zero-order valence-electron chi connectivity index (χ0n) is 10.1. The van der Waals surface area contributed by atoms with E-state index in [1.807, 2.05) is 24.3 Å². The highest BCUT2D eigenvalue weighted by atomic mass is 16.4. The van der Waals surface area contributed by atoms with Crippen molar-refractivity contribution in [2.75, 3.05) is 11.9 Å². The van der Waals surface area contributed by atoms with E-state index in [0.29, 0.717) is 6.42 Å². The number of carboxylic acid groups (broad SMARTS) is 1. The molecule has 0 radical (unpaired) electrons. The van der Waals surface area contributed by atoms with Crippen LogP contribution in [0.5, 0.6) is 0 Å². The molecule has 1 amide bonds. The molecule has 1 heterocycles. The number of fused-ring (bicyclic) bond motifs is 1. The van der Waals surface area contributed by atoms with Gasteiger partial charge in [-0.2, -0.15) is 0 Å². The summed E-state index contributed by atoms with van der Waals surface area (Å²) in [7, 11) is 0. The van der Waals surface area contributed by atoms with Gasteiger partial charge in [-0.3, -0.25) is 9.59 Å². The maximum Gasteiger partial charge on any atom is 0.308 e. The predicted octanol–water partition coefficient (Wildman–Crippen LogP) is 0.860. The van der Waals surface area contributed by atoms with E-state index < -0.39 is 11.9 Å². The van der Waals surface area contributed by atoms with Crippen molar-refractivity contribution in [1.82, 2.24) is 5.32 Å². The number of aliphatic carboxylic acids is 1. The number of para-hydroxylation sites is 1. The molecule has 1 aliphatic rings. The van der Waals surface area contributed by atoms with Gasteiger partial charge in [-0.1, -0.05) is 25.1 Å². The minimum absolute atomic E-state index is 0.153. The molecule has 1 aromatic rings. The van der Waals surface area contributed by atoms with Crippen LogP contribution in [0.25, 0.3) is 0 Å². The Hall–Kier alpha value is -2.04. The Labute approximate surface area is 105 Å². The summed E-state index contributed by atoms with van der Waals surface area (Å²) in [4.78, 5) is 22.5. The van der Waals surface area contributed by atoms with Crippen LogP contribution >= 0.6 is 0 Å². The van der Waals surface area contributed by atoms with E-state index in [9.17, 15) is 9.59 Å². The number of anilines is 1. The van der Waals surface area contributed by atoms with Gasteiger partial charge in [0.05, 0.1) is 5.92 Å². The zero-order chi connectivity index (χ0) is 13.1. The van der Waals surface area contributed by atoms with Crippen LogP contribution in [0.15, 0.2) is 24.3 Å². The molecule has 0 bridgehead atoms. The topological polar surface area (TPSA) is 78.4 Å². The fraction of sp³-hybridized carbons (Fsp3) is 0.385. The first kappa shape index (κ1) is 12.4. The van der Waals surface area contributed by atoms with E-state index >= 15 is 0 Å². The third-order valence-electron chi connectivity index (χ3n) is 3.09. The SMILES string of the molecule is CC(CNC(=O)C1Cc2ccccc2N1)C(=O)O. The van der Waals surface area contributed by atoms with Crippen molar-refractivity contribution >= 4 is 17.6 Å². The van der Waals surface area contributed by atoms with Gasteiger partial charge in [0, 0.05) is 18.7 Å². The van der Waals surface area contributed by atoms with Crippen molar-refractivity contribution < 1.29 is 14.7 Å². The molecule has 1 aromatic carbocycles. The van der Waals surface area contributed by atoms with Gasteiger partial charge in [0.1, 0.15) is 6.04 Å². The lowest BCUT2D eigenvalue weighted by Crippen LogP contribution is -2.41. The molecule has 18 heavy (non-hydrogen) atoms. The first-order chi connectivity index (χ1) is 8.58. The maximum absolute atomic E-state index is 11.9. The summed E-state index contributed by atoms with van der Waals surface area (Å²) < 4.78 is 0. The Kier molecular flexibility index (Phi) is 3.50. The van der Waals surface area contributed by atoms with Crippen LogP contribution in [-0.4, -0.2) is 29.6 Å². The lowest BCUT2D eigenvalue weighted by Gasteiger charge is -2.13. The highest BCUT2D eigenvalue weighted by molar-refractivity contribution is 5.87. The van der Waals surface area contributed by atoms with Gasteiger partial charge in [0.25, 0.3) is 0 Å². The molecule has 1 aliphatic heterocycles. The second-order valence-electron chi connectivity index (χ2n) is 4.54. The number of hydrogen-bond donors (Lipinski definition) is 3. The summed E-state index contributed by atoms with van der Waals surface area (Å²) in [5.41, 5.74) is 2.09. The van der Waals surface area contributed by atoms with Gasteiger partial charge < -0.3 is 15.7 Å². The van der Waals surface area contributed by atoms with E-state index in [1.165, 1.54) is 0 Å². The minimum Gasteiger partial charge on any atom is -0.481 e. The summed E-state index contributed by atoms with van der Waals surface area (Å²) in [5.74, 6) is -1.63. The molecule has 5 nitrogen and oxygen atoms in total. The molecule has 0 saturated heterocycles. The van der Waals surface area contributed by atoms with Crippen LogP contribution in [0.3, 0.4) is 0 Å². The average Bonchev–Trinajstić information content (AvgIpc) is 2.79. The lowest BCUT2D eigenvalue weighted by molar-refractivity contribution is -0.141. The number of carboxylic acids is 1. The number of rotatable bonds is 4. The molecule has 0 aliphatic carbocycles. The lowest BCUT2D eigenvalue weighted by atomic mass is 10.1. The van der Waals surface area contributed by atoms with E-state index in [2.05, 4.69) is 10.6 Å². The number of carbonyl (C=O) groups is 2. The average molecular weight is 248 g/mol. The molecule has 2 atom stereocenters. The fourth-order valence-electron chi connectivity index (χ4n) is 1.92.